The molecule has 0 saturated heterocycles. The standard InChI is InChI=1S/C20H33N/c1-4-6-7-8-9-10-11-12-13-14-18-21(17-5-2)19(3)20-15-16-20/h5,9-10,13-14,20H,2-4,6-8,11-12,15-18H2,1H3/b10-9-,14-13+. The molecule has 1 fully saturated rings. The highest BCUT2D eigenvalue weighted by molar-refractivity contribution is 5.09. The van der Waals surface area contributed by atoms with Crippen LogP contribution >= 0.6 is 0 Å². The SMILES string of the molecule is C=CCN(C/C=C/CC/C=C\CCCCC)C(=C)C1CC1. The number of hydrogen-bond acceptors (Lipinski definition) is 1. The fourth-order valence-electron chi connectivity index (χ4n) is 2.40. The Hall–Kier alpha value is -1.24. The first-order valence-electron chi connectivity index (χ1n) is 8.64. The zero-order valence-electron chi connectivity index (χ0n) is 13.9. The van der Waals surface area contributed by atoms with E-state index in [1.54, 1.807) is 0 Å². The van der Waals surface area contributed by atoms with Crippen LogP contribution in [0.5, 0.6) is 0 Å². The second-order valence-electron chi connectivity index (χ2n) is 5.98. The summed E-state index contributed by atoms with van der Waals surface area (Å²) in [6, 6.07) is 0. The van der Waals surface area contributed by atoms with Crippen molar-refractivity contribution in [2.45, 2.75) is 58.3 Å². The zero-order valence-corrected chi connectivity index (χ0v) is 13.9. The highest BCUT2D eigenvalue weighted by Crippen LogP contribution is 2.37. The van der Waals surface area contributed by atoms with Gasteiger partial charge >= 0.3 is 0 Å². The number of rotatable bonds is 13. The average Bonchev–Trinajstić information content (AvgIpc) is 3.32. The van der Waals surface area contributed by atoms with E-state index in [1.807, 2.05) is 6.08 Å². The van der Waals surface area contributed by atoms with Gasteiger partial charge < -0.3 is 4.90 Å². The van der Waals surface area contributed by atoms with Gasteiger partial charge in [-0.25, -0.2) is 0 Å². The lowest BCUT2D eigenvalue weighted by Crippen LogP contribution is -2.23. The molecule has 0 aromatic heterocycles. The first-order valence-corrected chi connectivity index (χ1v) is 8.64. The Morgan fingerprint density at radius 2 is 1.67 bits per heavy atom. The van der Waals surface area contributed by atoms with E-state index in [-0.39, 0.29) is 0 Å². The molecule has 0 aromatic carbocycles. The van der Waals surface area contributed by atoms with E-state index in [9.17, 15) is 0 Å². The van der Waals surface area contributed by atoms with Crippen molar-refractivity contribution in [3.05, 3.63) is 49.2 Å². The molecule has 0 aliphatic heterocycles. The summed E-state index contributed by atoms with van der Waals surface area (Å²) in [6.45, 7) is 12.2. The minimum atomic E-state index is 0.740. The molecule has 0 heterocycles. The molecule has 0 spiro atoms. The van der Waals surface area contributed by atoms with Gasteiger partial charge in [0.1, 0.15) is 0 Å². The van der Waals surface area contributed by atoms with Crippen molar-refractivity contribution < 1.29 is 0 Å². The summed E-state index contributed by atoms with van der Waals surface area (Å²) in [5.41, 5.74) is 1.30. The van der Waals surface area contributed by atoms with Crippen LogP contribution in [0.4, 0.5) is 0 Å². The fraction of sp³-hybridized carbons (Fsp3) is 0.600. The number of allylic oxidation sites excluding steroid dienone is 4. The predicted octanol–water partition coefficient (Wildman–Crippen LogP) is 5.87. The maximum Gasteiger partial charge on any atom is 0.0360 e. The molecule has 0 amide bonds. The Kier molecular flexibility index (Phi) is 9.69. The summed E-state index contributed by atoms with van der Waals surface area (Å²) >= 11 is 0. The van der Waals surface area contributed by atoms with Crippen molar-refractivity contribution in [1.29, 1.82) is 0 Å². The van der Waals surface area contributed by atoms with E-state index >= 15 is 0 Å². The molecule has 1 heteroatoms. The molecule has 0 aromatic rings. The third-order valence-electron chi connectivity index (χ3n) is 3.94. The number of hydrogen-bond donors (Lipinski definition) is 0. The summed E-state index contributed by atoms with van der Waals surface area (Å²) in [6.07, 6.45) is 21.4. The van der Waals surface area contributed by atoms with Crippen LogP contribution < -0.4 is 0 Å². The molecule has 1 saturated carbocycles. The Labute approximate surface area is 132 Å². The highest BCUT2D eigenvalue weighted by atomic mass is 15.1. The van der Waals surface area contributed by atoms with Crippen LogP contribution in [0.15, 0.2) is 49.2 Å². The van der Waals surface area contributed by atoms with Crippen LogP contribution in [-0.2, 0) is 0 Å². The maximum absolute atomic E-state index is 4.23. The molecule has 1 nitrogen and oxygen atoms in total. The monoisotopic (exact) mass is 287 g/mol. The lowest BCUT2D eigenvalue weighted by Gasteiger charge is -2.23. The molecule has 1 rings (SSSR count). The van der Waals surface area contributed by atoms with Crippen molar-refractivity contribution >= 4 is 0 Å². The molecule has 0 bridgehead atoms. The van der Waals surface area contributed by atoms with E-state index in [4.69, 9.17) is 0 Å². The first-order chi connectivity index (χ1) is 10.3. The smallest absolute Gasteiger partial charge is 0.0360 e. The van der Waals surface area contributed by atoms with E-state index in [2.05, 4.69) is 49.3 Å². The summed E-state index contributed by atoms with van der Waals surface area (Å²) in [5.74, 6) is 0.740. The summed E-state index contributed by atoms with van der Waals surface area (Å²) in [5, 5.41) is 0. The molecule has 0 unspecified atom stereocenters. The van der Waals surface area contributed by atoms with E-state index in [0.29, 0.717) is 0 Å². The van der Waals surface area contributed by atoms with Gasteiger partial charge in [0, 0.05) is 18.8 Å². The van der Waals surface area contributed by atoms with Gasteiger partial charge in [-0.2, -0.15) is 0 Å². The van der Waals surface area contributed by atoms with Gasteiger partial charge in [0.15, 0.2) is 0 Å². The molecule has 0 radical (unpaired) electrons. The Balaban J connectivity index is 2.11. The van der Waals surface area contributed by atoms with E-state index in [0.717, 1.165) is 31.8 Å². The average molecular weight is 287 g/mol. The lowest BCUT2D eigenvalue weighted by atomic mass is 10.2. The predicted molar refractivity (Wildman–Crippen MR) is 95.3 cm³/mol. The van der Waals surface area contributed by atoms with Crippen molar-refractivity contribution in [2.75, 3.05) is 13.1 Å². The van der Waals surface area contributed by atoms with Crippen molar-refractivity contribution in [1.82, 2.24) is 4.90 Å². The lowest BCUT2D eigenvalue weighted by molar-refractivity contribution is 0.399. The molecule has 0 N–H and O–H groups in total. The van der Waals surface area contributed by atoms with Crippen LogP contribution in [0.25, 0.3) is 0 Å². The number of nitrogens with zero attached hydrogens (tertiary/aromatic N) is 1. The summed E-state index contributed by atoms with van der Waals surface area (Å²) in [4.78, 5) is 2.35. The normalized spacial score (nSPS) is 14.9. The topological polar surface area (TPSA) is 3.24 Å². The van der Waals surface area contributed by atoms with Crippen molar-refractivity contribution in [2.24, 2.45) is 5.92 Å². The quantitative estimate of drug-likeness (QED) is 0.302. The van der Waals surface area contributed by atoms with Gasteiger partial charge in [-0.05, 0) is 44.4 Å². The fourth-order valence-corrected chi connectivity index (χ4v) is 2.40. The van der Waals surface area contributed by atoms with Crippen molar-refractivity contribution in [3.8, 4) is 0 Å². The molecular formula is C20H33N. The first kappa shape index (κ1) is 17.8. The molecule has 21 heavy (non-hydrogen) atoms. The van der Waals surface area contributed by atoms with Gasteiger partial charge in [0.2, 0.25) is 0 Å². The minimum Gasteiger partial charge on any atom is -0.368 e. The van der Waals surface area contributed by atoms with E-state index in [1.165, 1.54) is 44.2 Å². The second kappa shape index (κ2) is 11.4. The van der Waals surface area contributed by atoms with Gasteiger partial charge in [-0.1, -0.05) is 56.7 Å². The van der Waals surface area contributed by atoms with Gasteiger partial charge in [-0.3, -0.25) is 0 Å². The Morgan fingerprint density at radius 1 is 1.00 bits per heavy atom. The van der Waals surface area contributed by atoms with Gasteiger partial charge in [-0.15, -0.1) is 6.58 Å². The third-order valence-corrected chi connectivity index (χ3v) is 3.94. The number of unbranched alkanes of at least 4 members (excludes halogenated alkanes) is 4. The van der Waals surface area contributed by atoms with Crippen LogP contribution in [0, 0.1) is 5.92 Å². The van der Waals surface area contributed by atoms with Crippen LogP contribution in [0.2, 0.25) is 0 Å². The Bertz CT molecular complexity index is 347. The third kappa shape index (κ3) is 8.60. The Morgan fingerprint density at radius 3 is 2.29 bits per heavy atom. The highest BCUT2D eigenvalue weighted by Gasteiger charge is 2.27. The van der Waals surface area contributed by atoms with Crippen LogP contribution in [0.3, 0.4) is 0 Å². The molecule has 0 atom stereocenters. The maximum atomic E-state index is 4.23. The molecule has 1 aliphatic carbocycles. The van der Waals surface area contributed by atoms with Crippen molar-refractivity contribution in [3.63, 3.8) is 0 Å². The summed E-state index contributed by atoms with van der Waals surface area (Å²) in [7, 11) is 0. The van der Waals surface area contributed by atoms with Gasteiger partial charge in [0.25, 0.3) is 0 Å². The van der Waals surface area contributed by atoms with E-state index < -0.39 is 0 Å². The molecule has 1 aliphatic rings. The molecule has 118 valence electrons. The molecular weight excluding hydrogens is 254 g/mol. The summed E-state index contributed by atoms with van der Waals surface area (Å²) < 4.78 is 0. The van der Waals surface area contributed by atoms with Crippen LogP contribution in [0.1, 0.15) is 58.3 Å². The van der Waals surface area contributed by atoms with Crippen LogP contribution in [-0.4, -0.2) is 18.0 Å². The largest absolute Gasteiger partial charge is 0.368 e. The zero-order chi connectivity index (χ0) is 15.3. The van der Waals surface area contributed by atoms with Gasteiger partial charge in [0.05, 0.1) is 0 Å². The minimum absolute atomic E-state index is 0.740. The second-order valence-corrected chi connectivity index (χ2v) is 5.98.